The van der Waals surface area contributed by atoms with Crippen LogP contribution in [0.25, 0.3) is 0 Å². The van der Waals surface area contributed by atoms with Crippen LogP contribution in [0.2, 0.25) is 0 Å². The molecule has 10 nitrogen and oxygen atoms in total. The van der Waals surface area contributed by atoms with Crippen molar-refractivity contribution in [2.75, 3.05) is 22.9 Å². The van der Waals surface area contributed by atoms with Gasteiger partial charge in [0, 0.05) is 37.9 Å². The van der Waals surface area contributed by atoms with E-state index in [1.165, 1.54) is 0 Å². The molecule has 0 N–H and O–H groups in total. The number of carbonyl (C=O) groups is 2. The van der Waals surface area contributed by atoms with Gasteiger partial charge in [-0.3, -0.25) is 0 Å². The number of anilines is 2. The number of rotatable bonds is 8. The van der Waals surface area contributed by atoms with Crippen LogP contribution >= 0.6 is 0 Å². The van der Waals surface area contributed by atoms with Crippen LogP contribution in [0.1, 0.15) is 36.8 Å². The van der Waals surface area contributed by atoms with E-state index in [9.17, 15) is 9.59 Å². The first-order chi connectivity index (χ1) is 17.7. The second-order valence-electron chi connectivity index (χ2n) is 8.84. The molecule has 2 atom stereocenters. The summed E-state index contributed by atoms with van der Waals surface area (Å²) in [6.45, 7) is 1.73. The Kier molecular flexibility index (Phi) is 7.30. The molecule has 36 heavy (non-hydrogen) atoms. The average molecular weight is 489 g/mol. The number of nitrogens with zero attached hydrogens (tertiary/aromatic N) is 6. The highest BCUT2D eigenvalue weighted by atomic mass is 16.5. The van der Waals surface area contributed by atoms with Gasteiger partial charge in [-0.05, 0) is 55.0 Å². The van der Waals surface area contributed by atoms with Crippen LogP contribution < -0.4 is 9.80 Å². The summed E-state index contributed by atoms with van der Waals surface area (Å²) >= 11 is 0. The van der Waals surface area contributed by atoms with Crippen molar-refractivity contribution in [1.82, 2.24) is 19.9 Å². The molecular weight excluding hydrogens is 460 g/mol. The van der Waals surface area contributed by atoms with Gasteiger partial charge in [-0.1, -0.05) is 18.2 Å². The zero-order chi connectivity index (χ0) is 24.7. The van der Waals surface area contributed by atoms with E-state index in [4.69, 9.17) is 9.47 Å². The van der Waals surface area contributed by atoms with Crippen molar-refractivity contribution in [3.05, 3.63) is 72.3 Å². The summed E-state index contributed by atoms with van der Waals surface area (Å²) in [7, 11) is 0. The van der Waals surface area contributed by atoms with Gasteiger partial charge < -0.3 is 19.3 Å². The molecule has 2 unspecified atom stereocenters. The summed E-state index contributed by atoms with van der Waals surface area (Å²) in [5.74, 6) is 0.503. The van der Waals surface area contributed by atoms with E-state index in [0.717, 1.165) is 37.1 Å². The van der Waals surface area contributed by atoms with Crippen molar-refractivity contribution in [3.8, 4) is 0 Å². The Bertz CT molecular complexity index is 1090. The zero-order valence-electron chi connectivity index (χ0n) is 19.9. The fourth-order valence-electron chi connectivity index (χ4n) is 4.69. The minimum Gasteiger partial charge on any atom is -0.459 e. The Labute approximate surface area is 209 Å². The quantitative estimate of drug-likeness (QED) is 0.439. The summed E-state index contributed by atoms with van der Waals surface area (Å²) < 4.78 is 11.2. The van der Waals surface area contributed by atoms with Crippen LogP contribution in [-0.2, 0) is 32.3 Å². The number of esters is 2. The molecule has 2 fully saturated rings. The SMILES string of the molecule is O=C(OCc1cccc(COC(=O)C2CCCN2c2ncccn2)c1)C1CCCN1c1ncccn1. The maximum atomic E-state index is 12.8. The molecule has 3 aromatic rings. The molecule has 186 valence electrons. The summed E-state index contributed by atoms with van der Waals surface area (Å²) in [6, 6.07) is 10.2. The van der Waals surface area contributed by atoms with Gasteiger partial charge >= 0.3 is 11.9 Å². The highest BCUT2D eigenvalue weighted by molar-refractivity contribution is 5.80. The van der Waals surface area contributed by atoms with Crippen LogP contribution in [0.5, 0.6) is 0 Å². The standard InChI is InChI=1S/C26H28N6O4/c33-23(21-8-2-14-31(21)25-27-10-4-11-28-25)35-17-19-6-1-7-20(16-19)18-36-24(34)22-9-3-15-32(22)26-29-12-5-13-30-26/h1,4-7,10-13,16,21-22H,2-3,8-9,14-15,17-18H2. The van der Waals surface area contributed by atoms with Gasteiger partial charge in [0.1, 0.15) is 25.3 Å². The third-order valence-electron chi connectivity index (χ3n) is 6.42. The normalized spacial score (nSPS) is 19.3. The van der Waals surface area contributed by atoms with Crippen LogP contribution in [0.3, 0.4) is 0 Å². The number of benzene rings is 1. The molecule has 2 saturated heterocycles. The van der Waals surface area contributed by atoms with Gasteiger partial charge in [0.2, 0.25) is 11.9 Å². The highest BCUT2D eigenvalue weighted by Gasteiger charge is 2.34. The maximum absolute atomic E-state index is 12.8. The first-order valence-corrected chi connectivity index (χ1v) is 12.2. The largest absolute Gasteiger partial charge is 0.459 e. The molecule has 0 aliphatic carbocycles. The van der Waals surface area contributed by atoms with Gasteiger partial charge in [0.15, 0.2) is 0 Å². The number of carbonyl (C=O) groups excluding carboxylic acids is 2. The van der Waals surface area contributed by atoms with Crippen molar-refractivity contribution in [2.24, 2.45) is 0 Å². The number of ether oxygens (including phenoxy) is 2. The summed E-state index contributed by atoms with van der Waals surface area (Å²) in [6.07, 6.45) is 9.85. The zero-order valence-corrected chi connectivity index (χ0v) is 19.9. The first kappa shape index (κ1) is 23.7. The Hall–Kier alpha value is -4.08. The average Bonchev–Trinajstić information content (AvgIpc) is 3.62. The van der Waals surface area contributed by atoms with Crippen LogP contribution in [0.15, 0.2) is 61.2 Å². The van der Waals surface area contributed by atoms with Crippen molar-refractivity contribution in [2.45, 2.75) is 51.0 Å². The molecule has 4 heterocycles. The minimum atomic E-state index is -0.389. The molecule has 5 rings (SSSR count). The van der Waals surface area contributed by atoms with Gasteiger partial charge in [0.05, 0.1) is 0 Å². The molecule has 0 saturated carbocycles. The van der Waals surface area contributed by atoms with Crippen LogP contribution in [0, 0.1) is 0 Å². The lowest BCUT2D eigenvalue weighted by molar-refractivity contribution is -0.147. The van der Waals surface area contributed by atoms with Crippen molar-refractivity contribution >= 4 is 23.8 Å². The lowest BCUT2D eigenvalue weighted by Gasteiger charge is -2.23. The van der Waals surface area contributed by atoms with E-state index in [2.05, 4.69) is 19.9 Å². The van der Waals surface area contributed by atoms with E-state index >= 15 is 0 Å². The summed E-state index contributed by atoms with van der Waals surface area (Å²) in [5.41, 5.74) is 1.66. The maximum Gasteiger partial charge on any atom is 0.329 e. The van der Waals surface area contributed by atoms with E-state index in [0.29, 0.717) is 24.7 Å². The number of hydrogen-bond donors (Lipinski definition) is 0. The van der Waals surface area contributed by atoms with Crippen LogP contribution in [-0.4, -0.2) is 57.0 Å². The van der Waals surface area contributed by atoms with E-state index < -0.39 is 0 Å². The summed E-state index contributed by atoms with van der Waals surface area (Å²) in [5, 5.41) is 0. The summed E-state index contributed by atoms with van der Waals surface area (Å²) in [4.78, 5) is 46.4. The van der Waals surface area contributed by atoms with Crippen LogP contribution in [0.4, 0.5) is 11.9 Å². The lowest BCUT2D eigenvalue weighted by atomic mass is 10.1. The molecule has 1 aromatic carbocycles. The molecule has 10 heteroatoms. The fourth-order valence-corrected chi connectivity index (χ4v) is 4.69. The van der Waals surface area contributed by atoms with Gasteiger partial charge in [-0.25, -0.2) is 29.5 Å². The number of hydrogen-bond acceptors (Lipinski definition) is 10. The molecule has 0 radical (unpaired) electrons. The Morgan fingerprint density at radius 3 is 1.61 bits per heavy atom. The molecule has 0 bridgehead atoms. The first-order valence-electron chi connectivity index (χ1n) is 12.2. The highest BCUT2D eigenvalue weighted by Crippen LogP contribution is 2.24. The molecule has 2 aliphatic heterocycles. The fraction of sp³-hybridized carbons (Fsp3) is 0.385. The monoisotopic (exact) mass is 488 g/mol. The van der Waals surface area contributed by atoms with Crippen molar-refractivity contribution in [3.63, 3.8) is 0 Å². The molecule has 2 aromatic heterocycles. The predicted octanol–water partition coefficient (Wildman–Crippen LogP) is 2.69. The second-order valence-corrected chi connectivity index (χ2v) is 8.84. The smallest absolute Gasteiger partial charge is 0.329 e. The topological polar surface area (TPSA) is 111 Å². The Morgan fingerprint density at radius 2 is 1.17 bits per heavy atom. The third kappa shape index (κ3) is 5.42. The van der Waals surface area contributed by atoms with Gasteiger partial charge in [0.25, 0.3) is 0 Å². The predicted molar refractivity (Wildman–Crippen MR) is 131 cm³/mol. The van der Waals surface area contributed by atoms with E-state index in [1.807, 2.05) is 34.1 Å². The molecule has 0 amide bonds. The van der Waals surface area contributed by atoms with Crippen molar-refractivity contribution < 1.29 is 19.1 Å². The third-order valence-corrected chi connectivity index (χ3v) is 6.42. The lowest BCUT2D eigenvalue weighted by Crippen LogP contribution is -2.38. The Balaban J connectivity index is 1.14. The molecule has 2 aliphatic rings. The molecular formula is C26H28N6O4. The molecule has 0 spiro atoms. The van der Waals surface area contributed by atoms with E-state index in [-0.39, 0.29) is 37.2 Å². The Morgan fingerprint density at radius 1 is 0.722 bits per heavy atom. The van der Waals surface area contributed by atoms with Crippen molar-refractivity contribution in [1.29, 1.82) is 0 Å². The van der Waals surface area contributed by atoms with Gasteiger partial charge in [-0.15, -0.1) is 0 Å². The minimum absolute atomic E-state index is 0.141. The van der Waals surface area contributed by atoms with Gasteiger partial charge in [-0.2, -0.15) is 0 Å². The number of aromatic nitrogens is 4. The second kappa shape index (κ2) is 11.1. The van der Waals surface area contributed by atoms with E-state index in [1.54, 1.807) is 36.9 Å².